The van der Waals surface area contributed by atoms with Crippen molar-refractivity contribution in [1.82, 2.24) is 9.97 Å². The van der Waals surface area contributed by atoms with Gasteiger partial charge in [0.05, 0.1) is 0 Å². The van der Waals surface area contributed by atoms with E-state index in [1.165, 1.54) is 18.9 Å². The first-order valence-electron chi connectivity index (χ1n) is 5.98. The molecule has 1 aromatic rings. The molecule has 0 saturated heterocycles. The van der Waals surface area contributed by atoms with Gasteiger partial charge in [-0.15, -0.1) is 0 Å². The SMILES string of the molecule is CSC1CCCC1Nc1nc(C)cc(C(=O)O)n1. The molecule has 1 aliphatic rings. The van der Waals surface area contributed by atoms with Crippen molar-refractivity contribution in [2.45, 2.75) is 37.5 Å². The molecule has 1 aliphatic carbocycles. The van der Waals surface area contributed by atoms with Crippen LogP contribution in [0.5, 0.6) is 0 Å². The lowest BCUT2D eigenvalue weighted by molar-refractivity contribution is 0.0690. The Hall–Kier alpha value is -1.30. The molecule has 0 aromatic carbocycles. The third-order valence-electron chi connectivity index (χ3n) is 3.14. The number of aromatic nitrogens is 2. The maximum Gasteiger partial charge on any atom is 0.354 e. The van der Waals surface area contributed by atoms with E-state index in [0.717, 1.165) is 6.42 Å². The maximum atomic E-state index is 10.9. The average Bonchev–Trinajstić information content (AvgIpc) is 2.75. The lowest BCUT2D eigenvalue weighted by Gasteiger charge is -2.19. The summed E-state index contributed by atoms with van der Waals surface area (Å²) in [5, 5.41) is 12.8. The van der Waals surface area contributed by atoms with Gasteiger partial charge in [0.2, 0.25) is 5.95 Å². The van der Waals surface area contributed by atoms with Crippen molar-refractivity contribution in [3.8, 4) is 0 Å². The lowest BCUT2D eigenvalue weighted by Crippen LogP contribution is -2.27. The van der Waals surface area contributed by atoms with Crippen LogP contribution in [0.2, 0.25) is 0 Å². The van der Waals surface area contributed by atoms with E-state index in [1.54, 1.807) is 6.92 Å². The molecule has 6 heteroatoms. The third kappa shape index (κ3) is 2.93. The van der Waals surface area contributed by atoms with Gasteiger partial charge >= 0.3 is 5.97 Å². The minimum absolute atomic E-state index is 0.0451. The molecule has 0 bridgehead atoms. The predicted molar refractivity (Wildman–Crippen MR) is 72.3 cm³/mol. The van der Waals surface area contributed by atoms with Crippen LogP contribution >= 0.6 is 11.8 Å². The Morgan fingerprint density at radius 2 is 2.28 bits per heavy atom. The number of carbonyl (C=O) groups is 1. The van der Waals surface area contributed by atoms with Crippen molar-refractivity contribution < 1.29 is 9.90 Å². The molecule has 0 aliphatic heterocycles. The molecule has 2 N–H and O–H groups in total. The number of anilines is 1. The zero-order valence-electron chi connectivity index (χ0n) is 10.5. The maximum absolute atomic E-state index is 10.9. The first-order chi connectivity index (χ1) is 8.60. The predicted octanol–water partition coefficient (Wildman–Crippen LogP) is 2.18. The van der Waals surface area contributed by atoms with Gasteiger partial charge in [0.1, 0.15) is 0 Å². The van der Waals surface area contributed by atoms with Crippen molar-refractivity contribution in [3.63, 3.8) is 0 Å². The van der Waals surface area contributed by atoms with E-state index in [2.05, 4.69) is 21.5 Å². The topological polar surface area (TPSA) is 75.1 Å². The zero-order valence-corrected chi connectivity index (χ0v) is 11.3. The van der Waals surface area contributed by atoms with Crippen molar-refractivity contribution >= 4 is 23.7 Å². The monoisotopic (exact) mass is 267 g/mol. The first-order valence-corrected chi connectivity index (χ1v) is 7.27. The standard InChI is InChI=1S/C12H17N3O2S/c1-7-6-9(11(16)17)15-12(13-7)14-8-4-3-5-10(8)18-2/h6,8,10H,3-5H2,1-2H3,(H,16,17)(H,13,14,15). The molecule has 2 atom stereocenters. The number of thioether (sulfide) groups is 1. The number of nitrogens with one attached hydrogen (secondary N) is 1. The molecule has 1 heterocycles. The number of hydrogen-bond donors (Lipinski definition) is 2. The van der Waals surface area contributed by atoms with Crippen molar-refractivity contribution in [2.75, 3.05) is 11.6 Å². The van der Waals surface area contributed by atoms with Crippen LogP contribution in [0.1, 0.15) is 35.4 Å². The Labute approximate surface area is 110 Å². The van der Waals surface area contributed by atoms with Gasteiger partial charge in [-0.2, -0.15) is 11.8 Å². The Kier molecular flexibility index (Phi) is 4.06. The fraction of sp³-hybridized carbons (Fsp3) is 0.583. The number of carboxylic acids is 1. The Morgan fingerprint density at radius 1 is 1.50 bits per heavy atom. The molecule has 1 aromatic heterocycles. The summed E-state index contributed by atoms with van der Waals surface area (Å²) in [7, 11) is 0. The highest BCUT2D eigenvalue weighted by Crippen LogP contribution is 2.30. The van der Waals surface area contributed by atoms with E-state index >= 15 is 0 Å². The van der Waals surface area contributed by atoms with E-state index in [0.29, 0.717) is 22.9 Å². The first kappa shape index (κ1) is 13.1. The van der Waals surface area contributed by atoms with Crippen LogP contribution in [0.4, 0.5) is 5.95 Å². The normalized spacial score (nSPS) is 23.0. The fourth-order valence-electron chi connectivity index (χ4n) is 2.28. The minimum atomic E-state index is -1.02. The van der Waals surface area contributed by atoms with Gasteiger partial charge < -0.3 is 10.4 Å². The summed E-state index contributed by atoms with van der Waals surface area (Å²) in [5.74, 6) is -0.588. The molecule has 2 rings (SSSR count). The van der Waals surface area contributed by atoms with Crippen molar-refractivity contribution in [3.05, 3.63) is 17.5 Å². The molecule has 1 fully saturated rings. The molecular weight excluding hydrogens is 250 g/mol. The summed E-state index contributed by atoms with van der Waals surface area (Å²) in [6.45, 7) is 1.78. The van der Waals surface area contributed by atoms with Gasteiger partial charge in [-0.3, -0.25) is 0 Å². The van der Waals surface area contributed by atoms with Gasteiger partial charge in [0, 0.05) is 17.0 Å². The highest BCUT2D eigenvalue weighted by atomic mass is 32.2. The number of carboxylic acid groups (broad SMARTS) is 1. The molecule has 5 nitrogen and oxygen atoms in total. The molecule has 1 saturated carbocycles. The second kappa shape index (κ2) is 5.56. The summed E-state index contributed by atoms with van der Waals surface area (Å²) in [6, 6.07) is 1.82. The summed E-state index contributed by atoms with van der Waals surface area (Å²) in [4.78, 5) is 19.2. The Morgan fingerprint density at radius 3 is 2.94 bits per heavy atom. The van der Waals surface area contributed by atoms with Crippen LogP contribution in [0.15, 0.2) is 6.07 Å². The summed E-state index contributed by atoms with van der Waals surface area (Å²) in [6.07, 6.45) is 5.58. The summed E-state index contributed by atoms with van der Waals surface area (Å²) >= 11 is 1.84. The van der Waals surface area contributed by atoms with Gasteiger partial charge in [-0.05, 0) is 32.1 Å². The lowest BCUT2D eigenvalue weighted by atomic mass is 10.2. The molecule has 0 radical (unpaired) electrons. The summed E-state index contributed by atoms with van der Waals surface area (Å²) < 4.78 is 0. The smallest absolute Gasteiger partial charge is 0.354 e. The largest absolute Gasteiger partial charge is 0.477 e. The number of rotatable bonds is 4. The van der Waals surface area contributed by atoms with E-state index in [-0.39, 0.29) is 5.69 Å². The molecule has 98 valence electrons. The molecular formula is C12H17N3O2S. The van der Waals surface area contributed by atoms with Crippen LogP contribution < -0.4 is 5.32 Å². The molecule has 18 heavy (non-hydrogen) atoms. The minimum Gasteiger partial charge on any atom is -0.477 e. The van der Waals surface area contributed by atoms with Crippen molar-refractivity contribution in [1.29, 1.82) is 0 Å². The van der Waals surface area contributed by atoms with Gasteiger partial charge in [0.15, 0.2) is 5.69 Å². The van der Waals surface area contributed by atoms with Gasteiger partial charge in [-0.25, -0.2) is 14.8 Å². The van der Waals surface area contributed by atoms with Gasteiger partial charge in [-0.1, -0.05) is 6.42 Å². The quantitative estimate of drug-likeness (QED) is 0.871. The van der Waals surface area contributed by atoms with E-state index < -0.39 is 5.97 Å². The van der Waals surface area contributed by atoms with Crippen LogP contribution in [-0.2, 0) is 0 Å². The molecule has 2 unspecified atom stereocenters. The second-order valence-corrected chi connectivity index (χ2v) is 5.56. The molecule has 0 amide bonds. The number of hydrogen-bond acceptors (Lipinski definition) is 5. The van der Waals surface area contributed by atoms with Crippen LogP contribution in [0, 0.1) is 6.92 Å². The number of aryl methyl sites for hydroxylation is 1. The average molecular weight is 267 g/mol. The van der Waals surface area contributed by atoms with Crippen LogP contribution in [-0.4, -0.2) is 38.6 Å². The Balaban J connectivity index is 2.16. The van der Waals surface area contributed by atoms with E-state index in [1.807, 2.05) is 11.8 Å². The second-order valence-electron chi connectivity index (χ2n) is 4.48. The van der Waals surface area contributed by atoms with Gasteiger partial charge in [0.25, 0.3) is 0 Å². The van der Waals surface area contributed by atoms with Crippen LogP contribution in [0.3, 0.4) is 0 Å². The number of nitrogens with zero attached hydrogens (tertiary/aromatic N) is 2. The van der Waals surface area contributed by atoms with Crippen molar-refractivity contribution in [2.24, 2.45) is 0 Å². The van der Waals surface area contributed by atoms with E-state index in [9.17, 15) is 4.79 Å². The Bertz CT molecular complexity index is 453. The molecule has 0 spiro atoms. The highest BCUT2D eigenvalue weighted by molar-refractivity contribution is 7.99. The van der Waals surface area contributed by atoms with E-state index in [4.69, 9.17) is 5.11 Å². The zero-order chi connectivity index (χ0) is 13.1. The number of aromatic carboxylic acids is 1. The fourth-order valence-corrected chi connectivity index (χ4v) is 3.22. The highest BCUT2D eigenvalue weighted by Gasteiger charge is 2.27. The summed E-state index contributed by atoms with van der Waals surface area (Å²) in [5.41, 5.74) is 0.715. The third-order valence-corrected chi connectivity index (χ3v) is 4.31. The van der Waals surface area contributed by atoms with Crippen LogP contribution in [0.25, 0.3) is 0 Å².